The van der Waals surface area contributed by atoms with Gasteiger partial charge in [0.25, 0.3) is 0 Å². The van der Waals surface area contributed by atoms with Gasteiger partial charge in [-0.2, -0.15) is 0 Å². The summed E-state index contributed by atoms with van der Waals surface area (Å²) in [6.07, 6.45) is 3.34. The fourth-order valence-electron chi connectivity index (χ4n) is 2.17. The van der Waals surface area contributed by atoms with E-state index in [0.717, 1.165) is 19.4 Å². The normalized spacial score (nSPS) is 22.0. The fraction of sp³-hybridized carbons (Fsp3) is 0.400. The summed E-state index contributed by atoms with van der Waals surface area (Å²) in [5.41, 5.74) is 1.20. The van der Waals surface area contributed by atoms with Crippen LogP contribution >= 0.6 is 0 Å². The van der Waals surface area contributed by atoms with E-state index in [1.165, 1.54) is 11.6 Å². The van der Waals surface area contributed by atoms with Crippen molar-refractivity contribution in [3.63, 3.8) is 0 Å². The number of carbonyl (C=O) groups is 1. The summed E-state index contributed by atoms with van der Waals surface area (Å²) in [5.74, 6) is 0.493. The van der Waals surface area contributed by atoms with Gasteiger partial charge in [0, 0.05) is 12.6 Å². The lowest BCUT2D eigenvalue weighted by Crippen LogP contribution is -2.45. The molecule has 18 heavy (non-hydrogen) atoms. The van der Waals surface area contributed by atoms with E-state index in [1.54, 1.807) is 0 Å². The number of benzene rings is 1. The predicted octanol–water partition coefficient (Wildman–Crippen LogP) is 2.28. The number of carbonyl (C=O) groups excluding carboxylic acids is 1. The second-order valence-electron chi connectivity index (χ2n) is 4.75. The fourth-order valence-corrected chi connectivity index (χ4v) is 2.17. The highest BCUT2D eigenvalue weighted by Crippen LogP contribution is 2.27. The summed E-state index contributed by atoms with van der Waals surface area (Å²) in [4.78, 5) is 11.1. The first kappa shape index (κ1) is 12.8. The van der Waals surface area contributed by atoms with Gasteiger partial charge in [0.1, 0.15) is 0 Å². The second kappa shape index (κ2) is 6.36. The Labute approximate surface area is 108 Å². The molecule has 1 aromatic rings. The van der Waals surface area contributed by atoms with Crippen molar-refractivity contribution in [3.05, 3.63) is 48.6 Å². The van der Waals surface area contributed by atoms with Crippen LogP contribution in [0.25, 0.3) is 0 Å². The lowest BCUT2D eigenvalue weighted by molar-refractivity contribution is -0.118. The molecule has 1 aromatic carbocycles. The van der Waals surface area contributed by atoms with Crippen LogP contribution in [0, 0.1) is 5.92 Å². The van der Waals surface area contributed by atoms with Crippen LogP contribution < -0.4 is 5.32 Å². The molecule has 0 atom stereocenters. The van der Waals surface area contributed by atoms with Crippen LogP contribution in [0.5, 0.6) is 0 Å². The molecule has 1 fully saturated rings. The number of nitrogens with one attached hydrogen (secondary N) is 1. The molecule has 0 bridgehead atoms. The van der Waals surface area contributed by atoms with Crippen molar-refractivity contribution >= 4 is 5.91 Å². The van der Waals surface area contributed by atoms with Gasteiger partial charge in [-0.1, -0.05) is 36.9 Å². The Morgan fingerprint density at radius 3 is 2.78 bits per heavy atom. The second-order valence-corrected chi connectivity index (χ2v) is 4.75. The first-order valence-corrected chi connectivity index (χ1v) is 6.32. The van der Waals surface area contributed by atoms with E-state index in [2.05, 4.69) is 24.0 Å². The van der Waals surface area contributed by atoms with E-state index < -0.39 is 0 Å². The standard InChI is InChI=1S/C15H19NO2/c1-2-15(17)16-14-8-13(9-14)11-18-10-12-6-4-3-5-7-12/h2-7,13-14H,1,8-11H2,(H,16,17). The number of hydrogen-bond acceptors (Lipinski definition) is 2. The minimum atomic E-state index is -0.0800. The van der Waals surface area contributed by atoms with E-state index >= 15 is 0 Å². The van der Waals surface area contributed by atoms with Crippen LogP contribution in [0.15, 0.2) is 43.0 Å². The van der Waals surface area contributed by atoms with Crippen molar-refractivity contribution in [2.75, 3.05) is 6.61 Å². The zero-order valence-corrected chi connectivity index (χ0v) is 10.5. The third kappa shape index (κ3) is 3.70. The van der Waals surface area contributed by atoms with Crippen LogP contribution in [0.3, 0.4) is 0 Å². The molecule has 0 spiro atoms. The molecule has 0 unspecified atom stereocenters. The molecule has 1 N–H and O–H groups in total. The molecule has 96 valence electrons. The first-order valence-electron chi connectivity index (χ1n) is 6.32. The van der Waals surface area contributed by atoms with E-state index in [0.29, 0.717) is 18.6 Å². The minimum Gasteiger partial charge on any atom is -0.376 e. The Morgan fingerprint density at radius 1 is 1.39 bits per heavy atom. The van der Waals surface area contributed by atoms with Gasteiger partial charge < -0.3 is 10.1 Å². The summed E-state index contributed by atoms with van der Waals surface area (Å²) in [7, 11) is 0. The minimum absolute atomic E-state index is 0.0800. The molecular weight excluding hydrogens is 226 g/mol. The van der Waals surface area contributed by atoms with Crippen LogP contribution in [0.2, 0.25) is 0 Å². The maximum absolute atomic E-state index is 11.1. The maximum Gasteiger partial charge on any atom is 0.243 e. The van der Waals surface area contributed by atoms with Crippen molar-refractivity contribution < 1.29 is 9.53 Å². The molecule has 1 aliphatic carbocycles. The van der Waals surface area contributed by atoms with E-state index in [4.69, 9.17) is 4.74 Å². The third-order valence-corrected chi connectivity index (χ3v) is 3.23. The van der Waals surface area contributed by atoms with Gasteiger partial charge in [0.2, 0.25) is 5.91 Å². The van der Waals surface area contributed by atoms with Crippen molar-refractivity contribution in [2.45, 2.75) is 25.5 Å². The quantitative estimate of drug-likeness (QED) is 0.781. The summed E-state index contributed by atoms with van der Waals surface area (Å²) in [6, 6.07) is 10.5. The Kier molecular flexibility index (Phi) is 4.53. The summed E-state index contributed by atoms with van der Waals surface area (Å²) in [6.45, 7) is 4.88. The van der Waals surface area contributed by atoms with Crippen LogP contribution in [-0.2, 0) is 16.1 Å². The SMILES string of the molecule is C=CC(=O)NC1CC(COCc2ccccc2)C1. The van der Waals surface area contributed by atoms with Gasteiger partial charge in [0.05, 0.1) is 6.61 Å². The smallest absolute Gasteiger partial charge is 0.243 e. The van der Waals surface area contributed by atoms with E-state index in [1.807, 2.05) is 18.2 Å². The Hall–Kier alpha value is -1.61. The van der Waals surface area contributed by atoms with Crippen molar-refractivity contribution in [1.82, 2.24) is 5.32 Å². The van der Waals surface area contributed by atoms with Crippen molar-refractivity contribution in [1.29, 1.82) is 0 Å². The van der Waals surface area contributed by atoms with Gasteiger partial charge in [-0.15, -0.1) is 0 Å². The van der Waals surface area contributed by atoms with Crippen molar-refractivity contribution in [2.24, 2.45) is 5.92 Å². The van der Waals surface area contributed by atoms with E-state index in [9.17, 15) is 4.79 Å². The largest absolute Gasteiger partial charge is 0.376 e. The first-order chi connectivity index (χ1) is 8.78. The topological polar surface area (TPSA) is 38.3 Å². The Balaban J connectivity index is 1.57. The van der Waals surface area contributed by atoms with Crippen LogP contribution in [0.1, 0.15) is 18.4 Å². The Bertz CT molecular complexity index is 396. The molecule has 0 radical (unpaired) electrons. The molecular formula is C15H19NO2. The third-order valence-electron chi connectivity index (χ3n) is 3.23. The average Bonchev–Trinajstić information content (AvgIpc) is 2.36. The molecule has 1 aliphatic rings. The summed E-state index contributed by atoms with van der Waals surface area (Å²) >= 11 is 0. The molecule has 1 saturated carbocycles. The Morgan fingerprint density at radius 2 is 2.11 bits per heavy atom. The highest BCUT2D eigenvalue weighted by molar-refractivity contribution is 5.87. The van der Waals surface area contributed by atoms with Crippen LogP contribution in [0.4, 0.5) is 0 Å². The van der Waals surface area contributed by atoms with Gasteiger partial charge in [-0.25, -0.2) is 0 Å². The van der Waals surface area contributed by atoms with Gasteiger partial charge >= 0.3 is 0 Å². The maximum atomic E-state index is 11.1. The lowest BCUT2D eigenvalue weighted by Gasteiger charge is -2.35. The molecule has 1 amide bonds. The zero-order chi connectivity index (χ0) is 12.8. The molecule has 0 heterocycles. The molecule has 3 nitrogen and oxygen atoms in total. The zero-order valence-electron chi connectivity index (χ0n) is 10.5. The highest BCUT2D eigenvalue weighted by atomic mass is 16.5. The van der Waals surface area contributed by atoms with E-state index in [-0.39, 0.29) is 5.91 Å². The molecule has 0 saturated heterocycles. The lowest BCUT2D eigenvalue weighted by atomic mass is 9.81. The van der Waals surface area contributed by atoms with Gasteiger partial charge in [-0.3, -0.25) is 4.79 Å². The predicted molar refractivity (Wildman–Crippen MR) is 70.9 cm³/mol. The number of ether oxygens (including phenoxy) is 1. The summed E-state index contributed by atoms with van der Waals surface area (Å²) < 4.78 is 5.67. The van der Waals surface area contributed by atoms with Crippen LogP contribution in [-0.4, -0.2) is 18.6 Å². The molecule has 0 aromatic heterocycles. The summed E-state index contributed by atoms with van der Waals surface area (Å²) in [5, 5.41) is 2.89. The highest BCUT2D eigenvalue weighted by Gasteiger charge is 2.29. The molecule has 2 rings (SSSR count). The van der Waals surface area contributed by atoms with Gasteiger partial charge in [0.15, 0.2) is 0 Å². The molecule has 0 aliphatic heterocycles. The number of hydrogen-bond donors (Lipinski definition) is 1. The monoisotopic (exact) mass is 245 g/mol. The number of rotatable bonds is 6. The molecule has 3 heteroatoms. The number of amides is 1. The van der Waals surface area contributed by atoms with Crippen molar-refractivity contribution in [3.8, 4) is 0 Å². The average molecular weight is 245 g/mol. The van der Waals surface area contributed by atoms with Gasteiger partial charge in [-0.05, 0) is 30.4 Å².